The number of hydrogen-bond acceptors (Lipinski definition) is 4. The Hall–Kier alpha value is -2.08. The Morgan fingerprint density at radius 1 is 1.33 bits per heavy atom. The van der Waals surface area contributed by atoms with E-state index in [-0.39, 0.29) is 31.9 Å². The van der Waals surface area contributed by atoms with Gasteiger partial charge < -0.3 is 20.3 Å². The van der Waals surface area contributed by atoms with E-state index >= 15 is 0 Å². The summed E-state index contributed by atoms with van der Waals surface area (Å²) >= 11 is 0. The van der Waals surface area contributed by atoms with Crippen LogP contribution in [0.25, 0.3) is 0 Å². The van der Waals surface area contributed by atoms with E-state index < -0.39 is 12.1 Å². The van der Waals surface area contributed by atoms with Crippen LogP contribution < -0.4 is 10.1 Å². The monoisotopic (exact) mass is 295 g/mol. The zero-order valence-corrected chi connectivity index (χ0v) is 12.3. The van der Waals surface area contributed by atoms with Crippen LogP contribution in [-0.4, -0.2) is 41.3 Å². The van der Waals surface area contributed by atoms with Crippen molar-refractivity contribution < 1.29 is 24.5 Å². The highest BCUT2D eigenvalue weighted by molar-refractivity contribution is 5.76. The predicted molar refractivity (Wildman–Crippen MR) is 77.3 cm³/mol. The van der Waals surface area contributed by atoms with Crippen molar-refractivity contribution in [3.05, 3.63) is 29.3 Å². The lowest BCUT2D eigenvalue weighted by Crippen LogP contribution is -2.30. The molecule has 6 heteroatoms. The van der Waals surface area contributed by atoms with Gasteiger partial charge in [-0.2, -0.15) is 0 Å². The Balaban J connectivity index is 2.25. The minimum atomic E-state index is -1.45. The van der Waals surface area contributed by atoms with Gasteiger partial charge in [-0.15, -0.1) is 0 Å². The molecule has 0 heterocycles. The number of carboxylic acid groups (broad SMARTS) is 1. The molecule has 0 spiro atoms. The highest BCUT2D eigenvalue weighted by Gasteiger charge is 2.12. The molecule has 1 aromatic rings. The molecule has 0 aromatic heterocycles. The molecule has 1 atom stereocenters. The number of hydrogen-bond donors (Lipinski definition) is 3. The summed E-state index contributed by atoms with van der Waals surface area (Å²) in [6, 6.07) is 5.73. The maximum Gasteiger partial charge on any atom is 0.332 e. The van der Waals surface area contributed by atoms with E-state index in [0.29, 0.717) is 0 Å². The van der Waals surface area contributed by atoms with Crippen LogP contribution in [0.15, 0.2) is 18.2 Å². The normalized spacial score (nSPS) is 11.8. The van der Waals surface area contributed by atoms with Gasteiger partial charge in [0.05, 0.1) is 13.0 Å². The molecular formula is C15H21NO5. The van der Waals surface area contributed by atoms with Crippen molar-refractivity contribution in [2.45, 2.75) is 32.8 Å². The molecule has 0 fully saturated rings. The Bertz CT molecular complexity index is 501. The quantitative estimate of drug-likeness (QED) is 0.665. The maximum atomic E-state index is 11.5. The van der Waals surface area contributed by atoms with Crippen LogP contribution in [0.5, 0.6) is 5.75 Å². The van der Waals surface area contributed by atoms with Crippen LogP contribution in [-0.2, 0) is 9.59 Å². The van der Waals surface area contributed by atoms with Crippen molar-refractivity contribution in [3.8, 4) is 5.75 Å². The van der Waals surface area contributed by atoms with Gasteiger partial charge in [0.15, 0.2) is 6.10 Å². The largest absolute Gasteiger partial charge is 0.493 e. The Morgan fingerprint density at radius 2 is 2.05 bits per heavy atom. The van der Waals surface area contributed by atoms with Crippen molar-refractivity contribution in [3.63, 3.8) is 0 Å². The van der Waals surface area contributed by atoms with E-state index in [1.54, 1.807) is 0 Å². The summed E-state index contributed by atoms with van der Waals surface area (Å²) in [5, 5.41) is 20.1. The van der Waals surface area contributed by atoms with Crippen molar-refractivity contribution in [1.29, 1.82) is 0 Å². The number of nitrogens with one attached hydrogen (secondary N) is 1. The van der Waals surface area contributed by atoms with Crippen molar-refractivity contribution in [1.82, 2.24) is 5.32 Å². The Labute approximate surface area is 123 Å². The van der Waals surface area contributed by atoms with Crippen LogP contribution in [0.1, 0.15) is 24.0 Å². The molecule has 0 bridgehead atoms. The Morgan fingerprint density at radius 3 is 2.71 bits per heavy atom. The van der Waals surface area contributed by atoms with Gasteiger partial charge >= 0.3 is 5.97 Å². The van der Waals surface area contributed by atoms with E-state index in [4.69, 9.17) is 14.9 Å². The number of carboxylic acids is 1. The number of carbonyl (C=O) groups excluding carboxylic acids is 1. The van der Waals surface area contributed by atoms with Gasteiger partial charge in [-0.25, -0.2) is 4.79 Å². The summed E-state index contributed by atoms with van der Waals surface area (Å²) in [5.41, 5.74) is 2.17. The minimum Gasteiger partial charge on any atom is -0.493 e. The van der Waals surface area contributed by atoms with Crippen molar-refractivity contribution in [2.24, 2.45) is 0 Å². The summed E-state index contributed by atoms with van der Waals surface area (Å²) < 4.78 is 5.55. The molecule has 0 aliphatic carbocycles. The van der Waals surface area contributed by atoms with Gasteiger partial charge in [-0.3, -0.25) is 4.79 Å². The third-order valence-corrected chi connectivity index (χ3v) is 3.17. The van der Waals surface area contributed by atoms with Gasteiger partial charge in [0, 0.05) is 13.0 Å². The lowest BCUT2D eigenvalue weighted by Gasteiger charge is -2.11. The fourth-order valence-corrected chi connectivity index (χ4v) is 1.69. The van der Waals surface area contributed by atoms with Crippen molar-refractivity contribution in [2.75, 3.05) is 13.2 Å². The topological polar surface area (TPSA) is 95.9 Å². The van der Waals surface area contributed by atoms with E-state index in [1.165, 1.54) is 0 Å². The number of amides is 1. The average molecular weight is 295 g/mol. The van der Waals surface area contributed by atoms with Crippen molar-refractivity contribution >= 4 is 11.9 Å². The molecule has 1 aromatic carbocycles. The maximum absolute atomic E-state index is 11.5. The first-order chi connectivity index (χ1) is 9.91. The number of aliphatic hydroxyl groups excluding tert-OH is 1. The summed E-state index contributed by atoms with van der Waals surface area (Å²) in [4.78, 5) is 21.9. The second kappa shape index (κ2) is 8.26. The number of aliphatic carboxylic acids is 1. The van der Waals surface area contributed by atoms with E-state index in [9.17, 15) is 9.59 Å². The Kier molecular flexibility index (Phi) is 6.68. The number of aryl methyl sites for hydroxylation is 1. The van der Waals surface area contributed by atoms with Crippen LogP contribution >= 0.6 is 0 Å². The van der Waals surface area contributed by atoms with E-state index in [0.717, 1.165) is 16.9 Å². The number of carbonyl (C=O) groups is 2. The van der Waals surface area contributed by atoms with E-state index in [1.807, 2.05) is 32.0 Å². The molecule has 0 radical (unpaired) electrons. The average Bonchev–Trinajstić information content (AvgIpc) is 2.43. The zero-order valence-electron chi connectivity index (χ0n) is 12.3. The van der Waals surface area contributed by atoms with Gasteiger partial charge in [0.25, 0.3) is 0 Å². The summed E-state index contributed by atoms with van der Waals surface area (Å²) in [6.07, 6.45) is -1.29. The standard InChI is InChI=1S/C15H21NO5/c1-10-4-3-5-13(11(10)2)21-9-7-14(18)16-8-6-12(17)15(19)20/h3-5,12,17H,6-9H2,1-2H3,(H,16,18)(H,19,20)/t12-/m0/s1. The molecule has 1 amide bonds. The molecule has 6 nitrogen and oxygen atoms in total. The molecular weight excluding hydrogens is 274 g/mol. The van der Waals surface area contributed by atoms with Gasteiger partial charge in [-0.1, -0.05) is 12.1 Å². The molecule has 0 saturated heterocycles. The fraction of sp³-hybridized carbons (Fsp3) is 0.467. The first-order valence-electron chi connectivity index (χ1n) is 6.78. The lowest BCUT2D eigenvalue weighted by molar-refractivity contribution is -0.147. The van der Waals surface area contributed by atoms with Crippen LogP contribution in [0, 0.1) is 13.8 Å². The first-order valence-corrected chi connectivity index (χ1v) is 6.78. The predicted octanol–water partition coefficient (Wildman–Crippen LogP) is 1.02. The second-order valence-corrected chi connectivity index (χ2v) is 4.79. The van der Waals surface area contributed by atoms with Gasteiger partial charge in [0.2, 0.25) is 5.91 Å². The van der Waals surface area contributed by atoms with Gasteiger partial charge in [-0.05, 0) is 31.0 Å². The molecule has 3 N–H and O–H groups in total. The van der Waals surface area contributed by atoms with E-state index in [2.05, 4.69) is 5.32 Å². The molecule has 116 valence electrons. The fourth-order valence-electron chi connectivity index (χ4n) is 1.69. The molecule has 0 saturated carbocycles. The summed E-state index contributed by atoms with van der Waals surface area (Å²) in [5.74, 6) is -0.774. The molecule has 0 aliphatic rings. The van der Waals surface area contributed by atoms with Crippen LogP contribution in [0.4, 0.5) is 0 Å². The molecule has 1 rings (SSSR count). The molecule has 21 heavy (non-hydrogen) atoms. The number of rotatable bonds is 8. The third kappa shape index (κ3) is 5.83. The van der Waals surface area contributed by atoms with Gasteiger partial charge in [0.1, 0.15) is 5.75 Å². The lowest BCUT2D eigenvalue weighted by atomic mass is 10.1. The first kappa shape index (κ1) is 17.0. The third-order valence-electron chi connectivity index (χ3n) is 3.17. The molecule has 0 unspecified atom stereocenters. The summed E-state index contributed by atoms with van der Waals surface area (Å²) in [6.45, 7) is 4.31. The summed E-state index contributed by atoms with van der Waals surface area (Å²) in [7, 11) is 0. The zero-order chi connectivity index (χ0) is 15.8. The molecule has 0 aliphatic heterocycles. The number of benzene rings is 1. The minimum absolute atomic E-state index is 0.0150. The highest BCUT2D eigenvalue weighted by Crippen LogP contribution is 2.20. The number of aliphatic hydroxyl groups is 1. The smallest absolute Gasteiger partial charge is 0.332 e. The van der Waals surface area contributed by atoms with Crippen LogP contribution in [0.3, 0.4) is 0 Å². The second-order valence-electron chi connectivity index (χ2n) is 4.79. The number of ether oxygens (including phenoxy) is 1. The van der Waals surface area contributed by atoms with Crippen LogP contribution in [0.2, 0.25) is 0 Å². The highest BCUT2D eigenvalue weighted by atomic mass is 16.5. The SMILES string of the molecule is Cc1cccc(OCCC(=O)NCC[C@H](O)C(=O)O)c1C.